The number of carbonyl (C=O) groups is 2. The lowest BCUT2D eigenvalue weighted by Crippen LogP contribution is -2.56. The van der Waals surface area contributed by atoms with E-state index in [-0.39, 0.29) is 12.5 Å². The van der Waals surface area contributed by atoms with E-state index in [0.29, 0.717) is 6.42 Å². The van der Waals surface area contributed by atoms with Gasteiger partial charge in [0.25, 0.3) is 0 Å². The van der Waals surface area contributed by atoms with Gasteiger partial charge in [-0.2, -0.15) is 0 Å². The van der Waals surface area contributed by atoms with Gasteiger partial charge in [0.05, 0.1) is 0 Å². The van der Waals surface area contributed by atoms with Gasteiger partial charge in [-0.1, -0.05) is 18.9 Å². The SMILES string of the molecule is C=CCCCCC[C@](N)(C(=O)O)C(=O)OC1CCCC1. The molecule has 0 saturated heterocycles. The van der Waals surface area contributed by atoms with Crippen LogP contribution in [0.3, 0.4) is 0 Å². The second-order valence-electron chi connectivity index (χ2n) is 5.48. The van der Waals surface area contributed by atoms with Gasteiger partial charge in [-0.25, -0.2) is 9.59 Å². The van der Waals surface area contributed by atoms with Crippen LogP contribution in [-0.2, 0) is 14.3 Å². The number of allylic oxidation sites excluding steroid dienone is 1. The molecule has 0 radical (unpaired) electrons. The number of carbonyl (C=O) groups excluding carboxylic acids is 1. The van der Waals surface area contributed by atoms with Crippen molar-refractivity contribution in [2.45, 2.75) is 69.4 Å². The van der Waals surface area contributed by atoms with Crippen LogP contribution in [0.2, 0.25) is 0 Å². The van der Waals surface area contributed by atoms with Crippen LogP contribution >= 0.6 is 0 Å². The Morgan fingerprint density at radius 3 is 2.50 bits per heavy atom. The number of carboxylic acids is 1. The molecule has 114 valence electrons. The lowest BCUT2D eigenvalue weighted by atomic mass is 9.93. The lowest BCUT2D eigenvalue weighted by molar-refractivity contribution is -0.165. The summed E-state index contributed by atoms with van der Waals surface area (Å²) in [5, 5.41) is 9.24. The number of nitrogens with two attached hydrogens (primary N) is 1. The molecular formula is C15H25NO4. The van der Waals surface area contributed by atoms with Crippen molar-refractivity contribution in [3.05, 3.63) is 12.7 Å². The molecule has 3 N–H and O–H groups in total. The maximum atomic E-state index is 12.0. The molecule has 1 fully saturated rings. The normalized spacial score (nSPS) is 18.4. The highest BCUT2D eigenvalue weighted by atomic mass is 16.5. The third kappa shape index (κ3) is 4.63. The summed E-state index contributed by atoms with van der Waals surface area (Å²) in [4.78, 5) is 23.4. The van der Waals surface area contributed by atoms with Crippen LogP contribution in [0.4, 0.5) is 0 Å². The number of rotatable bonds is 9. The average molecular weight is 283 g/mol. The molecule has 5 heteroatoms. The highest BCUT2D eigenvalue weighted by Crippen LogP contribution is 2.24. The van der Waals surface area contributed by atoms with E-state index in [0.717, 1.165) is 44.9 Å². The van der Waals surface area contributed by atoms with Crippen molar-refractivity contribution in [3.8, 4) is 0 Å². The summed E-state index contributed by atoms with van der Waals surface area (Å²) in [6.07, 6.45) is 8.66. The molecule has 20 heavy (non-hydrogen) atoms. The zero-order chi connectivity index (χ0) is 15.0. The predicted molar refractivity (Wildman–Crippen MR) is 76.2 cm³/mol. The minimum Gasteiger partial charge on any atom is -0.479 e. The summed E-state index contributed by atoms with van der Waals surface area (Å²) < 4.78 is 5.26. The molecule has 0 unspecified atom stereocenters. The van der Waals surface area contributed by atoms with Gasteiger partial charge in [0.2, 0.25) is 5.54 Å². The quantitative estimate of drug-likeness (QED) is 0.293. The number of ether oxygens (including phenoxy) is 1. The molecule has 0 heterocycles. The van der Waals surface area contributed by atoms with Crippen molar-refractivity contribution in [1.82, 2.24) is 0 Å². The Morgan fingerprint density at radius 1 is 1.30 bits per heavy atom. The number of unbranched alkanes of at least 4 members (excludes halogenated alkanes) is 3. The third-order valence-electron chi connectivity index (χ3n) is 3.80. The Bertz CT molecular complexity index is 350. The van der Waals surface area contributed by atoms with E-state index in [1.165, 1.54) is 0 Å². The van der Waals surface area contributed by atoms with Crippen LogP contribution in [0, 0.1) is 0 Å². The van der Waals surface area contributed by atoms with Gasteiger partial charge in [0.15, 0.2) is 0 Å². The van der Waals surface area contributed by atoms with Gasteiger partial charge < -0.3 is 15.6 Å². The first kappa shape index (κ1) is 16.7. The summed E-state index contributed by atoms with van der Waals surface area (Å²) in [6, 6.07) is 0. The van der Waals surface area contributed by atoms with Crippen LogP contribution in [0.1, 0.15) is 57.8 Å². The lowest BCUT2D eigenvalue weighted by Gasteiger charge is -2.24. The molecule has 0 aromatic carbocycles. The van der Waals surface area contributed by atoms with Crippen molar-refractivity contribution in [1.29, 1.82) is 0 Å². The Hall–Kier alpha value is -1.36. The van der Waals surface area contributed by atoms with Gasteiger partial charge in [0.1, 0.15) is 6.10 Å². The number of hydrogen-bond acceptors (Lipinski definition) is 4. The van der Waals surface area contributed by atoms with Crippen molar-refractivity contribution >= 4 is 11.9 Å². The van der Waals surface area contributed by atoms with Crippen LogP contribution in [-0.4, -0.2) is 28.7 Å². The van der Waals surface area contributed by atoms with E-state index in [4.69, 9.17) is 10.5 Å². The van der Waals surface area contributed by atoms with Crippen LogP contribution in [0.25, 0.3) is 0 Å². The smallest absolute Gasteiger partial charge is 0.338 e. The molecule has 1 rings (SSSR count). The second kappa shape index (κ2) is 8.04. The number of carboxylic acid groups (broad SMARTS) is 1. The zero-order valence-electron chi connectivity index (χ0n) is 12.0. The summed E-state index contributed by atoms with van der Waals surface area (Å²) in [5.41, 5.74) is 3.88. The summed E-state index contributed by atoms with van der Waals surface area (Å²) in [5.74, 6) is -2.09. The van der Waals surface area contributed by atoms with E-state index in [9.17, 15) is 14.7 Å². The Balaban J connectivity index is 2.48. The molecular weight excluding hydrogens is 258 g/mol. The van der Waals surface area contributed by atoms with Gasteiger partial charge in [-0.05, 0) is 44.9 Å². The highest BCUT2D eigenvalue weighted by molar-refractivity contribution is 6.03. The maximum Gasteiger partial charge on any atom is 0.338 e. The van der Waals surface area contributed by atoms with Gasteiger partial charge in [-0.15, -0.1) is 6.58 Å². The Morgan fingerprint density at radius 2 is 1.95 bits per heavy atom. The molecule has 5 nitrogen and oxygen atoms in total. The standard InChI is InChI=1S/C15H25NO4/c1-2-3-4-5-8-11-15(16,13(17)18)14(19)20-12-9-6-7-10-12/h2,12H,1,3-11,16H2,(H,17,18)/t15-/m0/s1. The Kier molecular flexibility index (Phi) is 6.71. The van der Waals surface area contributed by atoms with Crippen molar-refractivity contribution in [3.63, 3.8) is 0 Å². The number of hydrogen-bond donors (Lipinski definition) is 2. The first-order valence-electron chi connectivity index (χ1n) is 7.35. The van der Waals surface area contributed by atoms with E-state index < -0.39 is 17.5 Å². The summed E-state index contributed by atoms with van der Waals surface area (Å²) in [6.45, 7) is 3.63. The largest absolute Gasteiger partial charge is 0.479 e. The first-order chi connectivity index (χ1) is 9.50. The zero-order valence-corrected chi connectivity index (χ0v) is 12.0. The second-order valence-corrected chi connectivity index (χ2v) is 5.48. The fourth-order valence-electron chi connectivity index (χ4n) is 2.43. The third-order valence-corrected chi connectivity index (χ3v) is 3.80. The van der Waals surface area contributed by atoms with Gasteiger partial charge >= 0.3 is 11.9 Å². The van der Waals surface area contributed by atoms with Crippen molar-refractivity contribution in [2.24, 2.45) is 5.73 Å². The monoisotopic (exact) mass is 283 g/mol. The van der Waals surface area contributed by atoms with E-state index in [2.05, 4.69) is 6.58 Å². The minimum atomic E-state index is -1.91. The topological polar surface area (TPSA) is 89.6 Å². The molecule has 0 spiro atoms. The predicted octanol–water partition coefficient (Wildman–Crippen LogP) is 2.39. The molecule has 1 saturated carbocycles. The fraction of sp³-hybridized carbons (Fsp3) is 0.733. The molecule has 0 aromatic rings. The number of aliphatic carboxylic acids is 1. The molecule has 0 amide bonds. The molecule has 1 aliphatic rings. The molecule has 1 atom stereocenters. The van der Waals surface area contributed by atoms with Crippen LogP contribution < -0.4 is 5.73 Å². The van der Waals surface area contributed by atoms with E-state index in [1.54, 1.807) is 0 Å². The molecule has 0 aliphatic heterocycles. The summed E-state index contributed by atoms with van der Waals surface area (Å²) in [7, 11) is 0. The molecule has 0 aromatic heterocycles. The molecule has 0 bridgehead atoms. The van der Waals surface area contributed by atoms with E-state index in [1.807, 2.05) is 6.08 Å². The van der Waals surface area contributed by atoms with Crippen molar-refractivity contribution in [2.75, 3.05) is 0 Å². The molecule has 1 aliphatic carbocycles. The van der Waals surface area contributed by atoms with Gasteiger partial charge in [-0.3, -0.25) is 0 Å². The maximum absolute atomic E-state index is 12.0. The fourth-order valence-corrected chi connectivity index (χ4v) is 2.43. The average Bonchev–Trinajstić information content (AvgIpc) is 2.90. The van der Waals surface area contributed by atoms with E-state index >= 15 is 0 Å². The minimum absolute atomic E-state index is 0.116. The Labute approximate surface area is 120 Å². The highest BCUT2D eigenvalue weighted by Gasteiger charge is 2.44. The van der Waals surface area contributed by atoms with Crippen LogP contribution in [0.15, 0.2) is 12.7 Å². The van der Waals surface area contributed by atoms with Crippen molar-refractivity contribution < 1.29 is 19.4 Å². The summed E-state index contributed by atoms with van der Waals surface area (Å²) >= 11 is 0. The first-order valence-corrected chi connectivity index (χ1v) is 7.35. The number of esters is 1. The van der Waals surface area contributed by atoms with Gasteiger partial charge in [0, 0.05) is 0 Å². The van der Waals surface area contributed by atoms with Crippen LogP contribution in [0.5, 0.6) is 0 Å².